The van der Waals surface area contributed by atoms with Crippen molar-refractivity contribution in [1.82, 2.24) is 30.6 Å². The van der Waals surface area contributed by atoms with Crippen LogP contribution in [0.2, 0.25) is 0 Å². The standard InChI is InChI=1S/C18H22N6/c1-13-7-18(24-12-22-13)14(2)21-6-5-19-9-15-3-4-17-16(8-15)10-20-11-23-17/h3-4,7-8,10-12,14,19,21H,5-6,9H2,1-2H3. The molecule has 3 aromatic rings. The summed E-state index contributed by atoms with van der Waals surface area (Å²) in [5.41, 5.74) is 4.23. The molecule has 0 spiro atoms. The number of hydrogen-bond acceptors (Lipinski definition) is 6. The number of fused-ring (bicyclic) bond motifs is 1. The molecule has 0 bridgehead atoms. The highest BCUT2D eigenvalue weighted by molar-refractivity contribution is 5.77. The Morgan fingerprint density at radius 3 is 2.83 bits per heavy atom. The highest BCUT2D eigenvalue weighted by Gasteiger charge is 2.06. The van der Waals surface area contributed by atoms with Gasteiger partial charge in [-0.15, -0.1) is 0 Å². The first-order valence-corrected chi connectivity index (χ1v) is 8.13. The number of hydrogen-bond donors (Lipinski definition) is 2. The summed E-state index contributed by atoms with van der Waals surface area (Å²) in [6, 6.07) is 8.49. The Labute approximate surface area is 141 Å². The molecule has 0 saturated carbocycles. The van der Waals surface area contributed by atoms with Gasteiger partial charge in [-0.1, -0.05) is 6.07 Å². The maximum Gasteiger partial charge on any atom is 0.116 e. The van der Waals surface area contributed by atoms with E-state index in [0.717, 1.165) is 41.9 Å². The molecule has 24 heavy (non-hydrogen) atoms. The highest BCUT2D eigenvalue weighted by atomic mass is 15.0. The SMILES string of the molecule is Cc1cc(C(C)NCCNCc2ccc3ncncc3c2)ncn1. The lowest BCUT2D eigenvalue weighted by Crippen LogP contribution is -2.29. The van der Waals surface area contributed by atoms with Crippen molar-refractivity contribution in [2.75, 3.05) is 13.1 Å². The van der Waals surface area contributed by atoms with Crippen molar-refractivity contribution >= 4 is 10.9 Å². The molecular formula is C18H22N6. The van der Waals surface area contributed by atoms with Crippen LogP contribution in [-0.2, 0) is 6.54 Å². The number of aryl methyl sites for hydroxylation is 1. The molecule has 0 radical (unpaired) electrons. The van der Waals surface area contributed by atoms with E-state index in [1.165, 1.54) is 5.56 Å². The second kappa shape index (κ2) is 7.90. The number of benzene rings is 1. The Hall–Kier alpha value is -2.44. The van der Waals surface area contributed by atoms with E-state index in [9.17, 15) is 0 Å². The van der Waals surface area contributed by atoms with Crippen LogP contribution in [0.3, 0.4) is 0 Å². The molecule has 6 heteroatoms. The van der Waals surface area contributed by atoms with Gasteiger partial charge in [0.15, 0.2) is 0 Å². The lowest BCUT2D eigenvalue weighted by atomic mass is 10.1. The van der Waals surface area contributed by atoms with Crippen LogP contribution in [0.5, 0.6) is 0 Å². The van der Waals surface area contributed by atoms with E-state index < -0.39 is 0 Å². The van der Waals surface area contributed by atoms with Gasteiger partial charge in [-0.3, -0.25) is 0 Å². The number of rotatable bonds is 7. The molecule has 1 atom stereocenters. The van der Waals surface area contributed by atoms with Gasteiger partial charge in [-0.05, 0) is 37.6 Å². The molecule has 0 saturated heterocycles. The van der Waals surface area contributed by atoms with Gasteiger partial charge in [-0.2, -0.15) is 0 Å². The minimum atomic E-state index is 0.214. The van der Waals surface area contributed by atoms with Gasteiger partial charge in [0.05, 0.1) is 11.2 Å². The Morgan fingerprint density at radius 1 is 1.04 bits per heavy atom. The van der Waals surface area contributed by atoms with Crippen LogP contribution in [0, 0.1) is 6.92 Å². The summed E-state index contributed by atoms with van der Waals surface area (Å²) >= 11 is 0. The normalized spacial score (nSPS) is 12.4. The monoisotopic (exact) mass is 322 g/mol. The van der Waals surface area contributed by atoms with Crippen molar-refractivity contribution in [3.63, 3.8) is 0 Å². The van der Waals surface area contributed by atoms with E-state index in [-0.39, 0.29) is 6.04 Å². The summed E-state index contributed by atoms with van der Waals surface area (Å²) < 4.78 is 0. The highest BCUT2D eigenvalue weighted by Crippen LogP contribution is 2.12. The van der Waals surface area contributed by atoms with Gasteiger partial charge < -0.3 is 10.6 Å². The van der Waals surface area contributed by atoms with Crippen molar-refractivity contribution in [3.8, 4) is 0 Å². The molecule has 1 unspecified atom stereocenters. The summed E-state index contributed by atoms with van der Waals surface area (Å²) in [6.07, 6.45) is 5.04. The fourth-order valence-electron chi connectivity index (χ4n) is 2.57. The summed E-state index contributed by atoms with van der Waals surface area (Å²) in [7, 11) is 0. The predicted molar refractivity (Wildman–Crippen MR) is 94.4 cm³/mol. The van der Waals surface area contributed by atoms with Crippen molar-refractivity contribution in [3.05, 3.63) is 60.1 Å². The maximum atomic E-state index is 4.31. The quantitative estimate of drug-likeness (QED) is 0.649. The molecular weight excluding hydrogens is 300 g/mol. The predicted octanol–water partition coefficient (Wildman–Crippen LogP) is 2.17. The van der Waals surface area contributed by atoms with Crippen LogP contribution in [0.25, 0.3) is 10.9 Å². The van der Waals surface area contributed by atoms with Gasteiger partial charge in [0.25, 0.3) is 0 Å². The number of nitrogens with one attached hydrogen (secondary N) is 2. The summed E-state index contributed by atoms with van der Waals surface area (Å²) in [5, 5.41) is 7.99. The average molecular weight is 322 g/mol. The van der Waals surface area contributed by atoms with Gasteiger partial charge in [0.2, 0.25) is 0 Å². The zero-order valence-corrected chi connectivity index (χ0v) is 14.0. The van der Waals surface area contributed by atoms with Gasteiger partial charge in [0.1, 0.15) is 12.7 Å². The Kier molecular flexibility index (Phi) is 5.40. The largest absolute Gasteiger partial charge is 0.311 e. The van der Waals surface area contributed by atoms with Crippen LogP contribution >= 0.6 is 0 Å². The fraction of sp³-hybridized carbons (Fsp3) is 0.333. The first-order valence-electron chi connectivity index (χ1n) is 8.13. The molecule has 0 aliphatic carbocycles. The second-order valence-corrected chi connectivity index (χ2v) is 5.85. The summed E-state index contributed by atoms with van der Waals surface area (Å²) in [4.78, 5) is 16.7. The van der Waals surface area contributed by atoms with E-state index in [4.69, 9.17) is 0 Å². The van der Waals surface area contributed by atoms with E-state index >= 15 is 0 Å². The van der Waals surface area contributed by atoms with Gasteiger partial charge >= 0.3 is 0 Å². The van der Waals surface area contributed by atoms with E-state index in [2.05, 4.69) is 49.6 Å². The summed E-state index contributed by atoms with van der Waals surface area (Å²) in [5.74, 6) is 0. The smallest absolute Gasteiger partial charge is 0.116 e. The number of aromatic nitrogens is 4. The molecule has 6 nitrogen and oxygen atoms in total. The Balaban J connectivity index is 1.43. The third-order valence-corrected chi connectivity index (χ3v) is 3.92. The van der Waals surface area contributed by atoms with Crippen LogP contribution in [0.4, 0.5) is 0 Å². The van der Waals surface area contributed by atoms with Crippen LogP contribution < -0.4 is 10.6 Å². The summed E-state index contributed by atoms with van der Waals surface area (Å²) in [6.45, 7) is 6.69. The molecule has 0 aliphatic heterocycles. The Bertz CT molecular complexity index is 804. The zero-order chi connectivity index (χ0) is 16.8. The lowest BCUT2D eigenvalue weighted by Gasteiger charge is -2.14. The van der Waals surface area contributed by atoms with E-state index in [0.29, 0.717) is 0 Å². The molecule has 0 aliphatic rings. The van der Waals surface area contributed by atoms with Crippen molar-refractivity contribution in [2.24, 2.45) is 0 Å². The van der Waals surface area contributed by atoms with Crippen molar-refractivity contribution < 1.29 is 0 Å². The van der Waals surface area contributed by atoms with Crippen molar-refractivity contribution in [2.45, 2.75) is 26.4 Å². The minimum absolute atomic E-state index is 0.214. The molecule has 2 N–H and O–H groups in total. The second-order valence-electron chi connectivity index (χ2n) is 5.85. The molecule has 0 fully saturated rings. The lowest BCUT2D eigenvalue weighted by molar-refractivity contribution is 0.535. The van der Waals surface area contributed by atoms with Crippen LogP contribution in [-0.4, -0.2) is 33.0 Å². The van der Waals surface area contributed by atoms with Gasteiger partial charge in [0, 0.05) is 43.0 Å². The van der Waals surface area contributed by atoms with Crippen molar-refractivity contribution in [1.29, 1.82) is 0 Å². The third kappa shape index (κ3) is 4.31. The number of nitrogens with zero attached hydrogens (tertiary/aromatic N) is 4. The zero-order valence-electron chi connectivity index (χ0n) is 14.0. The van der Waals surface area contributed by atoms with Gasteiger partial charge in [-0.25, -0.2) is 19.9 Å². The molecule has 1 aromatic carbocycles. The fourth-order valence-corrected chi connectivity index (χ4v) is 2.57. The first kappa shape index (κ1) is 16.4. The maximum absolute atomic E-state index is 4.31. The molecule has 2 heterocycles. The van der Waals surface area contributed by atoms with E-state index in [1.807, 2.05) is 25.3 Å². The minimum Gasteiger partial charge on any atom is -0.311 e. The topological polar surface area (TPSA) is 75.6 Å². The van der Waals surface area contributed by atoms with Crippen LogP contribution in [0.1, 0.15) is 29.9 Å². The molecule has 124 valence electrons. The molecule has 2 aromatic heterocycles. The first-order chi connectivity index (χ1) is 11.7. The molecule has 0 amide bonds. The molecule has 3 rings (SSSR count). The third-order valence-electron chi connectivity index (χ3n) is 3.92. The van der Waals surface area contributed by atoms with Crippen LogP contribution in [0.15, 0.2) is 43.1 Å². The van der Waals surface area contributed by atoms with E-state index in [1.54, 1.807) is 12.7 Å². The average Bonchev–Trinajstić information content (AvgIpc) is 2.61. The Morgan fingerprint density at radius 2 is 1.96 bits per heavy atom.